The molecular formula is C13H9F10O. The van der Waals surface area contributed by atoms with Crippen LogP contribution in [0.4, 0.5) is 43.9 Å². The van der Waals surface area contributed by atoms with Gasteiger partial charge in [-0.25, -0.2) is 0 Å². The summed E-state index contributed by atoms with van der Waals surface area (Å²) >= 11 is 0. The summed E-state index contributed by atoms with van der Waals surface area (Å²) in [6.07, 6.45) is -6.19. The first kappa shape index (κ1) is 20.5. The summed E-state index contributed by atoms with van der Waals surface area (Å²) in [6.45, 7) is -0.891. The zero-order valence-electron chi connectivity index (χ0n) is 11.7. The molecule has 0 aliphatic rings. The number of rotatable bonds is 7. The van der Waals surface area contributed by atoms with Crippen LogP contribution in [0.3, 0.4) is 0 Å². The van der Waals surface area contributed by atoms with Crippen molar-refractivity contribution in [1.82, 2.24) is 0 Å². The second kappa shape index (κ2) is 6.08. The summed E-state index contributed by atoms with van der Waals surface area (Å²) in [5.74, 6) is -26.5. The van der Waals surface area contributed by atoms with Gasteiger partial charge in [0.25, 0.3) is 0 Å². The third-order valence-corrected chi connectivity index (χ3v) is 2.85. The zero-order valence-corrected chi connectivity index (χ0v) is 11.7. The number of benzene rings is 1. The molecule has 1 aromatic rings. The molecule has 0 fully saturated rings. The standard InChI is InChI=1S/C13H9F10O/c1-9(14,15)10(16,17)11(18,19)12(20,21)13(22,23)24-7-8-5-3-2-4-6-8/h2-7H,1H3. The molecule has 1 rings (SSSR count). The Labute approximate surface area is 129 Å². The van der Waals surface area contributed by atoms with Gasteiger partial charge in [0.2, 0.25) is 0 Å². The Morgan fingerprint density at radius 3 is 1.58 bits per heavy atom. The molecule has 137 valence electrons. The van der Waals surface area contributed by atoms with E-state index in [2.05, 4.69) is 4.74 Å². The predicted octanol–water partition coefficient (Wildman–Crippen LogP) is 5.37. The van der Waals surface area contributed by atoms with Crippen LogP contribution in [0.1, 0.15) is 12.5 Å². The maximum absolute atomic E-state index is 13.2. The van der Waals surface area contributed by atoms with Crippen molar-refractivity contribution in [2.24, 2.45) is 0 Å². The van der Waals surface area contributed by atoms with Gasteiger partial charge in [-0.1, -0.05) is 30.3 Å². The Bertz CT molecular complexity index is 550. The number of hydrogen-bond donors (Lipinski definition) is 0. The summed E-state index contributed by atoms with van der Waals surface area (Å²) in [6, 6.07) is 5.96. The van der Waals surface area contributed by atoms with E-state index in [4.69, 9.17) is 0 Å². The first-order valence-corrected chi connectivity index (χ1v) is 6.03. The van der Waals surface area contributed by atoms with Gasteiger partial charge in [0.15, 0.2) is 0 Å². The summed E-state index contributed by atoms with van der Waals surface area (Å²) in [5, 5.41) is 0. The minimum Gasteiger partial charge on any atom is -0.304 e. The molecular weight excluding hydrogens is 362 g/mol. The molecule has 24 heavy (non-hydrogen) atoms. The molecule has 0 saturated heterocycles. The molecule has 1 nitrogen and oxygen atoms in total. The van der Waals surface area contributed by atoms with Crippen LogP contribution in [0.15, 0.2) is 30.3 Å². The van der Waals surface area contributed by atoms with Gasteiger partial charge in [0.05, 0.1) is 0 Å². The van der Waals surface area contributed by atoms with Crippen molar-refractivity contribution in [2.75, 3.05) is 0 Å². The molecule has 11 heteroatoms. The highest BCUT2D eigenvalue weighted by Gasteiger charge is 2.86. The van der Waals surface area contributed by atoms with E-state index in [1.165, 1.54) is 18.2 Å². The molecule has 0 bridgehead atoms. The van der Waals surface area contributed by atoms with Gasteiger partial charge < -0.3 is 4.74 Å². The summed E-state index contributed by atoms with van der Waals surface area (Å²) in [7, 11) is 0. The Balaban J connectivity index is 3.10. The van der Waals surface area contributed by atoms with E-state index in [0.717, 1.165) is 12.1 Å². The molecule has 1 aromatic carbocycles. The van der Waals surface area contributed by atoms with Crippen molar-refractivity contribution in [3.8, 4) is 0 Å². The van der Waals surface area contributed by atoms with Gasteiger partial charge in [-0.3, -0.25) is 0 Å². The van der Waals surface area contributed by atoms with Gasteiger partial charge in [0, 0.05) is 6.92 Å². The van der Waals surface area contributed by atoms with Gasteiger partial charge in [-0.2, -0.15) is 43.9 Å². The Morgan fingerprint density at radius 1 is 0.708 bits per heavy atom. The second-order valence-corrected chi connectivity index (χ2v) is 4.77. The fraction of sp³-hybridized carbons (Fsp3) is 0.462. The molecule has 0 N–H and O–H groups in total. The van der Waals surface area contributed by atoms with Crippen LogP contribution in [0.25, 0.3) is 0 Å². The maximum atomic E-state index is 13.2. The van der Waals surface area contributed by atoms with Crippen molar-refractivity contribution in [2.45, 2.75) is 36.7 Å². The van der Waals surface area contributed by atoms with Crippen molar-refractivity contribution < 1.29 is 48.6 Å². The Morgan fingerprint density at radius 2 is 1.17 bits per heavy atom. The zero-order chi connectivity index (χ0) is 19.0. The smallest absolute Gasteiger partial charge is 0.304 e. The Hall–Kier alpha value is -1.52. The lowest BCUT2D eigenvalue weighted by molar-refractivity contribution is -0.438. The maximum Gasteiger partial charge on any atom is 0.426 e. The normalized spacial score (nSPS) is 14.8. The van der Waals surface area contributed by atoms with Gasteiger partial charge >= 0.3 is 29.8 Å². The van der Waals surface area contributed by atoms with Gasteiger partial charge in [-0.15, -0.1) is 0 Å². The lowest BCUT2D eigenvalue weighted by atomic mass is 9.99. The van der Waals surface area contributed by atoms with Crippen LogP contribution < -0.4 is 0 Å². The first-order chi connectivity index (χ1) is 10.6. The molecule has 1 radical (unpaired) electrons. The third kappa shape index (κ3) is 3.31. The summed E-state index contributed by atoms with van der Waals surface area (Å²) in [4.78, 5) is 0. The lowest BCUT2D eigenvalue weighted by Gasteiger charge is -2.37. The van der Waals surface area contributed by atoms with Crippen molar-refractivity contribution in [3.05, 3.63) is 42.5 Å². The number of halogens is 10. The molecule has 0 unspecified atom stereocenters. The topological polar surface area (TPSA) is 9.23 Å². The highest BCUT2D eigenvalue weighted by molar-refractivity contribution is 5.20. The van der Waals surface area contributed by atoms with E-state index in [-0.39, 0.29) is 12.2 Å². The highest BCUT2D eigenvalue weighted by Crippen LogP contribution is 2.57. The second-order valence-electron chi connectivity index (χ2n) is 4.77. The SMILES string of the molecule is CC(F)(F)C(F)(F)C(F)(F)C(F)(F)C(F)(F)O[CH]c1ccccc1. The lowest BCUT2D eigenvalue weighted by Crippen LogP contribution is -2.67. The average Bonchev–Trinajstić information content (AvgIpc) is 2.44. The molecule has 0 spiro atoms. The number of ether oxygens (including phenoxy) is 1. The largest absolute Gasteiger partial charge is 0.426 e. The Kier molecular flexibility index (Phi) is 5.20. The summed E-state index contributed by atoms with van der Waals surface area (Å²) < 4.78 is 133. The van der Waals surface area contributed by atoms with E-state index >= 15 is 0 Å². The third-order valence-electron chi connectivity index (χ3n) is 2.85. The fourth-order valence-electron chi connectivity index (χ4n) is 1.40. The van der Waals surface area contributed by atoms with Crippen LogP contribution >= 0.6 is 0 Å². The first-order valence-electron chi connectivity index (χ1n) is 6.03. The fourth-order valence-corrected chi connectivity index (χ4v) is 1.40. The molecule has 0 saturated carbocycles. The molecule has 0 aromatic heterocycles. The number of hydrogen-bond acceptors (Lipinski definition) is 1. The van der Waals surface area contributed by atoms with Crippen LogP contribution in [0.2, 0.25) is 0 Å². The van der Waals surface area contributed by atoms with Gasteiger partial charge in [-0.05, 0) is 5.56 Å². The van der Waals surface area contributed by atoms with E-state index in [1.54, 1.807) is 0 Å². The molecule has 0 amide bonds. The van der Waals surface area contributed by atoms with E-state index in [9.17, 15) is 43.9 Å². The quantitative estimate of drug-likeness (QED) is 0.586. The predicted molar refractivity (Wildman–Crippen MR) is 61.3 cm³/mol. The molecule has 0 atom stereocenters. The molecule has 0 heterocycles. The van der Waals surface area contributed by atoms with E-state index in [0.29, 0.717) is 0 Å². The van der Waals surface area contributed by atoms with E-state index in [1.807, 2.05) is 0 Å². The molecule has 0 aliphatic carbocycles. The summed E-state index contributed by atoms with van der Waals surface area (Å²) in [5.41, 5.74) is -0.288. The minimum absolute atomic E-state index is 0.0911. The van der Waals surface area contributed by atoms with Crippen LogP contribution in [-0.4, -0.2) is 29.8 Å². The van der Waals surface area contributed by atoms with Crippen molar-refractivity contribution >= 4 is 0 Å². The van der Waals surface area contributed by atoms with Crippen LogP contribution in [0.5, 0.6) is 0 Å². The van der Waals surface area contributed by atoms with Crippen molar-refractivity contribution in [1.29, 1.82) is 0 Å². The van der Waals surface area contributed by atoms with Gasteiger partial charge in [0.1, 0.15) is 6.61 Å². The molecule has 0 aliphatic heterocycles. The minimum atomic E-state index is -7.10. The number of alkyl halides is 10. The highest BCUT2D eigenvalue weighted by atomic mass is 19.4. The van der Waals surface area contributed by atoms with Crippen LogP contribution in [-0.2, 0) is 4.74 Å². The monoisotopic (exact) mass is 371 g/mol. The van der Waals surface area contributed by atoms with Crippen LogP contribution in [0, 0.1) is 6.61 Å². The van der Waals surface area contributed by atoms with Crippen molar-refractivity contribution in [3.63, 3.8) is 0 Å². The van der Waals surface area contributed by atoms with E-state index < -0.39 is 36.7 Å². The average molecular weight is 371 g/mol.